The van der Waals surface area contributed by atoms with Crippen LogP contribution in [-0.2, 0) is 68.6 Å². The van der Waals surface area contributed by atoms with E-state index in [2.05, 4.69) is 23.9 Å². The van der Waals surface area contributed by atoms with E-state index < -0.39 is 65.0 Å². The summed E-state index contributed by atoms with van der Waals surface area (Å²) in [6.45, 7) is 0. The molecule has 2 aromatic heterocycles. The Morgan fingerprint density at radius 1 is 0.388 bits per heavy atom. The van der Waals surface area contributed by atoms with Gasteiger partial charge >= 0.3 is 24.3 Å². The Balaban J connectivity index is 0.000000188. The van der Waals surface area contributed by atoms with Crippen molar-refractivity contribution in [1.82, 2.24) is 4.98 Å². The summed E-state index contributed by atoms with van der Waals surface area (Å²) in [5.74, 6) is -3.58. The average Bonchev–Trinajstić information content (AvgIpc) is 0.896. The number of anilines is 3. The number of thiophene rings is 1. The molecule has 10 aromatic rings. The molecule has 0 aliphatic rings. The van der Waals surface area contributed by atoms with E-state index in [1.165, 1.54) is 23.5 Å². The molecule has 0 saturated heterocycles. The van der Waals surface area contributed by atoms with Crippen LogP contribution in [0.4, 0.5) is 30.2 Å². The van der Waals surface area contributed by atoms with Crippen LogP contribution in [-0.4, -0.2) is 69.8 Å². The number of halogens is 3. The summed E-state index contributed by atoms with van der Waals surface area (Å²) in [6.07, 6.45) is 8.15. The number of aryl methyl sites for hydroxylation is 6. The number of para-hydroxylation sites is 5. The minimum Gasteiger partial charge on any atom is -0.478 e. The van der Waals surface area contributed by atoms with Crippen molar-refractivity contribution in [3.63, 3.8) is 0 Å². The summed E-state index contributed by atoms with van der Waals surface area (Å²) in [7, 11) is -11.7. The zero-order valence-corrected chi connectivity index (χ0v) is 56.4. The van der Waals surface area contributed by atoms with E-state index in [9.17, 15) is 68.1 Å². The highest BCUT2D eigenvalue weighted by Gasteiger charge is 2.34. The molecule has 0 radical (unpaired) electrons. The Bertz CT molecular complexity index is 4680. The van der Waals surface area contributed by atoms with Crippen molar-refractivity contribution < 1.29 is 72.9 Å². The van der Waals surface area contributed by atoms with Crippen LogP contribution < -0.4 is 18.9 Å². The standard InChI is InChI=1S/C27H26N2O4S.C25H24F3NO5S.C22H23NO4S2/c30-27(31)23-16-6-4-11-20(23)10-2-1-3-12-21-13-5-7-17-24(21)29-34(32,33)25-18-8-14-22-15-9-19-28-26(22)25;26-25(27,28)34-22-16-8-9-17-23(22)35(32,33)29-21-15-7-5-13-19(21)12-3-1-2-10-18-11-4-6-14-20(18)24(30)31;24-22(25)19-13-6-4-10-17(19)9-2-1-3-11-18-12-5-7-14-20(18)23-29(26,27)21-15-8-16-28-21/h4-9,11,13-19,29H,1-3,10,12H2,(H,30,31);4-9,11,13-17,29H,1-3,10,12H2,(H,30,31);4-8,10,12-16,23H,1-3,9,11H2,(H,24,25). The molecule has 0 unspecified atom stereocenters. The summed E-state index contributed by atoms with van der Waals surface area (Å²) < 4.78 is 127. The summed E-state index contributed by atoms with van der Waals surface area (Å²) in [5.41, 5.74) is 7.89. The Morgan fingerprint density at radius 2 is 0.735 bits per heavy atom. The fourth-order valence-corrected chi connectivity index (χ4v) is 15.6. The van der Waals surface area contributed by atoms with Gasteiger partial charge in [0.05, 0.1) is 39.3 Å². The van der Waals surface area contributed by atoms with Gasteiger partial charge < -0.3 is 20.1 Å². The maximum Gasteiger partial charge on any atom is 0.573 e. The molecule has 0 aliphatic carbocycles. The lowest BCUT2D eigenvalue weighted by Crippen LogP contribution is -2.21. The number of alkyl halides is 3. The third-order valence-electron chi connectivity index (χ3n) is 15.7. The Kier molecular flexibility index (Phi) is 26.7. The number of fused-ring (bicyclic) bond motifs is 1. The van der Waals surface area contributed by atoms with Gasteiger partial charge in [-0.15, -0.1) is 24.5 Å². The lowest BCUT2D eigenvalue weighted by atomic mass is 9.99. The van der Waals surface area contributed by atoms with E-state index in [1.54, 1.807) is 127 Å². The van der Waals surface area contributed by atoms with Gasteiger partial charge in [-0.25, -0.2) is 39.6 Å². The van der Waals surface area contributed by atoms with Crippen molar-refractivity contribution in [3.05, 3.63) is 274 Å². The smallest absolute Gasteiger partial charge is 0.478 e. The van der Waals surface area contributed by atoms with Gasteiger partial charge in [-0.3, -0.25) is 19.2 Å². The predicted octanol–water partition coefficient (Wildman–Crippen LogP) is 16.9. The second-order valence-electron chi connectivity index (χ2n) is 22.6. The minimum absolute atomic E-state index is 0.150. The number of sulfonamides is 3. The molecule has 17 nitrogen and oxygen atoms in total. The second kappa shape index (κ2) is 35.4. The van der Waals surface area contributed by atoms with Gasteiger partial charge in [-0.2, -0.15) is 0 Å². The number of benzene rings is 8. The normalized spacial score (nSPS) is 11.5. The molecular formula is C74H73F3N4O13S4. The Labute approximate surface area is 572 Å². The highest BCUT2D eigenvalue weighted by atomic mass is 32.2. The maximum atomic E-state index is 13.2. The molecule has 8 aromatic carbocycles. The molecule has 24 heteroatoms. The van der Waals surface area contributed by atoms with Gasteiger partial charge in [0, 0.05) is 11.6 Å². The van der Waals surface area contributed by atoms with Crippen LogP contribution in [0.3, 0.4) is 0 Å². The molecular weight excluding hydrogens is 1340 g/mol. The summed E-state index contributed by atoms with van der Waals surface area (Å²) in [6, 6.07) is 59.1. The van der Waals surface area contributed by atoms with E-state index >= 15 is 0 Å². The van der Waals surface area contributed by atoms with E-state index in [1.807, 2.05) is 72.8 Å². The number of hydrogen-bond acceptors (Lipinski definition) is 12. The van der Waals surface area contributed by atoms with Crippen molar-refractivity contribution >= 4 is 87.3 Å². The highest BCUT2D eigenvalue weighted by Crippen LogP contribution is 2.33. The quantitative estimate of drug-likeness (QED) is 0.0221. The Morgan fingerprint density at radius 3 is 1.14 bits per heavy atom. The van der Waals surface area contributed by atoms with Crippen LogP contribution in [0.2, 0.25) is 0 Å². The maximum absolute atomic E-state index is 13.2. The number of hydrogen-bond donors (Lipinski definition) is 6. The molecule has 2 heterocycles. The van der Waals surface area contributed by atoms with Crippen LogP contribution in [0.5, 0.6) is 5.75 Å². The van der Waals surface area contributed by atoms with E-state index in [0.29, 0.717) is 69.9 Å². The van der Waals surface area contributed by atoms with Gasteiger partial charge in [0.15, 0.2) is 0 Å². The number of carboxylic acid groups (broad SMARTS) is 3. The number of aromatic nitrogens is 1. The van der Waals surface area contributed by atoms with Gasteiger partial charge in [0.25, 0.3) is 30.1 Å². The Hall–Kier alpha value is -9.88. The van der Waals surface area contributed by atoms with E-state index in [-0.39, 0.29) is 16.1 Å². The van der Waals surface area contributed by atoms with E-state index in [0.717, 1.165) is 110 Å². The first-order valence-electron chi connectivity index (χ1n) is 31.5. The second-order valence-corrected chi connectivity index (χ2v) is 28.8. The molecule has 0 saturated carbocycles. The van der Waals surface area contributed by atoms with Crippen molar-refractivity contribution in [3.8, 4) is 5.75 Å². The third-order valence-corrected chi connectivity index (χ3v) is 21.3. The summed E-state index contributed by atoms with van der Waals surface area (Å²) >= 11 is 1.19. The van der Waals surface area contributed by atoms with Crippen LogP contribution >= 0.6 is 11.3 Å². The number of carboxylic acids is 3. The van der Waals surface area contributed by atoms with Crippen molar-refractivity contribution in [2.75, 3.05) is 14.2 Å². The van der Waals surface area contributed by atoms with Gasteiger partial charge in [-0.05, 0) is 183 Å². The predicted molar refractivity (Wildman–Crippen MR) is 375 cm³/mol. The average molecular weight is 1410 g/mol. The monoisotopic (exact) mass is 1410 g/mol. The molecule has 0 bridgehead atoms. The molecule has 0 spiro atoms. The first-order valence-corrected chi connectivity index (χ1v) is 36.8. The minimum atomic E-state index is -5.03. The van der Waals surface area contributed by atoms with Crippen LogP contribution in [0.15, 0.2) is 238 Å². The first kappa shape index (κ1) is 73.9. The number of nitrogens with zero attached hydrogens (tertiary/aromatic N) is 1. The van der Waals surface area contributed by atoms with Crippen molar-refractivity contribution in [2.24, 2.45) is 0 Å². The molecule has 0 amide bonds. The molecule has 0 fully saturated rings. The number of unbranched alkanes of at least 4 members (excludes halogenated alkanes) is 6. The molecule has 10 rings (SSSR count). The van der Waals surface area contributed by atoms with Crippen LogP contribution in [0.25, 0.3) is 10.9 Å². The number of ether oxygens (including phenoxy) is 1. The molecule has 0 atom stereocenters. The molecule has 6 N–H and O–H groups in total. The van der Waals surface area contributed by atoms with Gasteiger partial charge in [0.2, 0.25) is 0 Å². The number of pyridine rings is 1. The first-order chi connectivity index (χ1) is 47.0. The number of rotatable bonds is 31. The lowest BCUT2D eigenvalue weighted by molar-refractivity contribution is -0.275. The SMILES string of the molecule is O=C(O)c1ccccc1CCCCCc1ccccc1NS(=O)(=O)c1cccc2cccnc12.O=C(O)c1ccccc1CCCCCc1ccccc1NS(=O)(=O)c1ccccc1OC(F)(F)F.O=C(O)c1ccccc1CCCCCc1ccccc1NS(=O)(=O)c1cccs1. The summed E-state index contributed by atoms with van der Waals surface area (Å²) in [5, 5.41) is 30.4. The van der Waals surface area contributed by atoms with Crippen molar-refractivity contribution in [1.29, 1.82) is 0 Å². The topological polar surface area (TPSA) is 273 Å². The zero-order valence-electron chi connectivity index (χ0n) is 53.1. The number of aromatic carboxylic acids is 3. The lowest BCUT2D eigenvalue weighted by Gasteiger charge is -2.16. The molecule has 0 aliphatic heterocycles. The number of carbonyl (C=O) groups is 3. The van der Waals surface area contributed by atoms with Gasteiger partial charge in [0.1, 0.15) is 19.7 Å². The number of nitrogens with one attached hydrogen (secondary N) is 3. The fourth-order valence-electron chi connectivity index (χ4n) is 11.0. The fraction of sp³-hybridized carbons (Fsp3) is 0.216. The molecule has 512 valence electrons. The third kappa shape index (κ3) is 21.8. The van der Waals surface area contributed by atoms with E-state index in [4.69, 9.17) is 0 Å². The van der Waals surface area contributed by atoms with Gasteiger partial charge in [-0.1, -0.05) is 165 Å². The largest absolute Gasteiger partial charge is 0.573 e. The highest BCUT2D eigenvalue weighted by molar-refractivity contribution is 7.94. The van der Waals surface area contributed by atoms with Crippen LogP contribution in [0.1, 0.15) is 122 Å². The zero-order chi connectivity index (χ0) is 70.1. The van der Waals surface area contributed by atoms with Crippen LogP contribution in [0, 0.1) is 0 Å². The summed E-state index contributed by atoms with van der Waals surface area (Å²) in [4.78, 5) is 37.8. The van der Waals surface area contributed by atoms with Crippen molar-refractivity contribution in [2.45, 2.75) is 117 Å². The molecule has 98 heavy (non-hydrogen) atoms.